The van der Waals surface area contributed by atoms with E-state index in [2.05, 4.69) is 20.4 Å². The number of rotatable bonds is 2. The topological polar surface area (TPSA) is 37.3 Å². The number of fused-ring (bicyclic) bond motifs is 5. The van der Waals surface area contributed by atoms with Gasteiger partial charge in [-0.25, -0.2) is 0 Å². The molecule has 0 aliphatic heterocycles. The van der Waals surface area contributed by atoms with Crippen LogP contribution in [0.3, 0.4) is 0 Å². The van der Waals surface area contributed by atoms with Crippen molar-refractivity contribution in [1.82, 2.24) is 0 Å². The molecule has 0 amide bonds. The van der Waals surface area contributed by atoms with Crippen LogP contribution >= 0.6 is 0 Å². The van der Waals surface area contributed by atoms with E-state index in [1.807, 2.05) is 18.2 Å². The van der Waals surface area contributed by atoms with Crippen LogP contribution in [0.5, 0.6) is 0 Å². The zero-order valence-corrected chi connectivity index (χ0v) is 15.7. The third kappa shape index (κ3) is 2.44. The van der Waals surface area contributed by atoms with Crippen LogP contribution in [0, 0.1) is 35.0 Å². The first kappa shape index (κ1) is 17.3. The highest BCUT2D eigenvalue weighted by atomic mass is 16.3. The van der Waals surface area contributed by atoms with Crippen molar-refractivity contribution in [1.29, 1.82) is 0 Å². The molecule has 136 valence electrons. The molecular weight excluding hydrogens is 308 g/mol. The Labute approximate surface area is 152 Å². The van der Waals surface area contributed by atoms with Crippen molar-refractivity contribution in [3.63, 3.8) is 0 Å². The first-order chi connectivity index (χ1) is 11.9. The second kappa shape index (κ2) is 5.94. The number of ketones is 1. The Morgan fingerprint density at radius 1 is 1.28 bits per heavy atom. The first-order valence-corrected chi connectivity index (χ1v) is 10.2. The standard InChI is InChI=1S/C23H32O2/c1-4-5-10-23(25)12-9-20-21-15(2)13-16-14-17(24)6-7-18(16)19(21)8-11-22(20,23)3/h4-5,10,14-15,18-21,25H,1,6-9,11-13H2,2-3H3/t15-,18?,19?,20?,21?,22+,23+/m1/s1. The van der Waals surface area contributed by atoms with Crippen LogP contribution < -0.4 is 0 Å². The quantitative estimate of drug-likeness (QED) is 0.730. The van der Waals surface area contributed by atoms with Gasteiger partial charge in [0.2, 0.25) is 0 Å². The van der Waals surface area contributed by atoms with Gasteiger partial charge in [-0.05, 0) is 74.2 Å². The van der Waals surface area contributed by atoms with E-state index >= 15 is 0 Å². The summed E-state index contributed by atoms with van der Waals surface area (Å²) in [6.07, 6.45) is 14.9. The molecule has 2 heteroatoms. The van der Waals surface area contributed by atoms with Crippen LogP contribution in [0.15, 0.2) is 36.5 Å². The molecule has 0 aromatic heterocycles. The van der Waals surface area contributed by atoms with Crippen LogP contribution in [0.2, 0.25) is 0 Å². The van der Waals surface area contributed by atoms with Crippen molar-refractivity contribution in [2.24, 2.45) is 35.0 Å². The molecule has 0 aromatic rings. The summed E-state index contributed by atoms with van der Waals surface area (Å²) in [5.74, 6) is 3.59. The summed E-state index contributed by atoms with van der Waals surface area (Å²) in [4.78, 5) is 11.9. The summed E-state index contributed by atoms with van der Waals surface area (Å²) >= 11 is 0. The third-order valence-electron chi connectivity index (χ3n) is 8.36. The van der Waals surface area contributed by atoms with Gasteiger partial charge in [-0.15, -0.1) is 0 Å². The van der Waals surface area contributed by atoms with Crippen molar-refractivity contribution >= 4 is 5.78 Å². The molecule has 4 aliphatic carbocycles. The van der Waals surface area contributed by atoms with Crippen LogP contribution in [-0.4, -0.2) is 16.5 Å². The minimum Gasteiger partial charge on any atom is -0.385 e. The molecule has 4 aliphatic rings. The molecule has 0 heterocycles. The van der Waals surface area contributed by atoms with Crippen molar-refractivity contribution < 1.29 is 9.90 Å². The lowest BCUT2D eigenvalue weighted by atomic mass is 9.48. The van der Waals surface area contributed by atoms with Crippen molar-refractivity contribution in [2.75, 3.05) is 0 Å². The monoisotopic (exact) mass is 340 g/mol. The predicted octanol–water partition coefficient (Wildman–Crippen LogP) is 4.85. The van der Waals surface area contributed by atoms with Gasteiger partial charge in [0, 0.05) is 11.8 Å². The molecule has 0 bridgehead atoms. The van der Waals surface area contributed by atoms with Crippen molar-refractivity contribution in [3.05, 3.63) is 36.5 Å². The zero-order valence-electron chi connectivity index (χ0n) is 15.7. The van der Waals surface area contributed by atoms with E-state index in [1.165, 1.54) is 12.0 Å². The minimum atomic E-state index is -0.685. The maximum absolute atomic E-state index is 11.9. The smallest absolute Gasteiger partial charge is 0.155 e. The fourth-order valence-electron chi connectivity index (χ4n) is 7.14. The van der Waals surface area contributed by atoms with Crippen LogP contribution in [0.25, 0.3) is 0 Å². The molecule has 0 spiro atoms. The molecule has 3 fully saturated rings. The Morgan fingerprint density at radius 3 is 2.84 bits per heavy atom. The highest BCUT2D eigenvalue weighted by molar-refractivity contribution is 5.91. The largest absolute Gasteiger partial charge is 0.385 e. The predicted molar refractivity (Wildman–Crippen MR) is 101 cm³/mol. The Bertz CT molecular complexity index is 644. The van der Waals surface area contributed by atoms with Gasteiger partial charge in [-0.1, -0.05) is 44.2 Å². The second-order valence-electron chi connectivity index (χ2n) is 9.37. The number of aliphatic hydroxyl groups is 1. The van der Waals surface area contributed by atoms with Gasteiger partial charge < -0.3 is 5.11 Å². The maximum atomic E-state index is 11.9. The summed E-state index contributed by atoms with van der Waals surface area (Å²) in [7, 11) is 0. The lowest BCUT2D eigenvalue weighted by molar-refractivity contribution is -0.118. The number of hydrogen-bond donors (Lipinski definition) is 1. The molecule has 7 atom stereocenters. The van der Waals surface area contributed by atoms with Gasteiger partial charge in [0.05, 0.1) is 5.60 Å². The van der Waals surface area contributed by atoms with E-state index in [0.717, 1.165) is 38.5 Å². The van der Waals surface area contributed by atoms with Crippen molar-refractivity contribution in [2.45, 2.75) is 64.4 Å². The average Bonchev–Trinajstić information content (AvgIpc) is 2.84. The minimum absolute atomic E-state index is 0.0202. The van der Waals surface area contributed by atoms with Gasteiger partial charge >= 0.3 is 0 Å². The second-order valence-corrected chi connectivity index (χ2v) is 9.37. The highest BCUT2D eigenvalue weighted by Crippen LogP contribution is 2.66. The summed E-state index contributed by atoms with van der Waals surface area (Å²) in [5.41, 5.74) is 0.733. The summed E-state index contributed by atoms with van der Waals surface area (Å²) < 4.78 is 0. The Hall–Kier alpha value is -1.15. The van der Waals surface area contributed by atoms with Gasteiger partial charge in [-0.3, -0.25) is 4.79 Å². The SMILES string of the molecule is C=CC=C[C@]1(O)CCC2C3C(CC[C@@]21C)C1CCC(=O)C=C1C[C@H]3C. The van der Waals surface area contributed by atoms with E-state index in [-0.39, 0.29) is 5.41 Å². The maximum Gasteiger partial charge on any atom is 0.155 e. The van der Waals surface area contributed by atoms with E-state index in [0.29, 0.717) is 35.4 Å². The molecule has 0 radical (unpaired) electrons. The first-order valence-electron chi connectivity index (χ1n) is 10.2. The van der Waals surface area contributed by atoms with Gasteiger partial charge in [0.25, 0.3) is 0 Å². The van der Waals surface area contributed by atoms with Gasteiger partial charge in [-0.2, -0.15) is 0 Å². The normalized spacial score (nSPS) is 49.3. The lowest BCUT2D eigenvalue weighted by Crippen LogP contribution is -2.53. The summed E-state index contributed by atoms with van der Waals surface area (Å²) in [6.45, 7) is 8.49. The Morgan fingerprint density at radius 2 is 2.08 bits per heavy atom. The van der Waals surface area contributed by atoms with Crippen molar-refractivity contribution in [3.8, 4) is 0 Å². The van der Waals surface area contributed by atoms with Gasteiger partial charge in [0.1, 0.15) is 0 Å². The molecule has 0 aromatic carbocycles. The molecule has 25 heavy (non-hydrogen) atoms. The number of carbonyl (C=O) groups excluding carboxylic acids is 1. The molecular formula is C23H32O2. The molecule has 0 saturated heterocycles. The molecule has 4 rings (SSSR count). The summed E-state index contributed by atoms with van der Waals surface area (Å²) in [6, 6.07) is 0. The fourth-order valence-corrected chi connectivity index (χ4v) is 7.14. The zero-order chi connectivity index (χ0) is 17.8. The summed E-state index contributed by atoms with van der Waals surface area (Å²) in [5, 5.41) is 11.4. The number of hydrogen-bond acceptors (Lipinski definition) is 2. The number of allylic oxidation sites excluding steroid dienone is 3. The van der Waals surface area contributed by atoms with Gasteiger partial charge in [0.15, 0.2) is 5.78 Å². The molecule has 3 saturated carbocycles. The van der Waals surface area contributed by atoms with E-state index in [9.17, 15) is 9.90 Å². The highest BCUT2D eigenvalue weighted by Gasteiger charge is 2.62. The third-order valence-corrected chi connectivity index (χ3v) is 8.36. The Balaban J connectivity index is 1.67. The fraction of sp³-hybridized carbons (Fsp3) is 0.696. The Kier molecular flexibility index (Phi) is 4.11. The van der Waals surface area contributed by atoms with E-state index < -0.39 is 5.60 Å². The average molecular weight is 341 g/mol. The lowest BCUT2D eigenvalue weighted by Gasteiger charge is -2.57. The van der Waals surface area contributed by atoms with Crippen LogP contribution in [0.4, 0.5) is 0 Å². The van der Waals surface area contributed by atoms with Crippen LogP contribution in [0.1, 0.15) is 58.8 Å². The van der Waals surface area contributed by atoms with E-state index in [4.69, 9.17) is 0 Å². The number of carbonyl (C=O) groups is 1. The molecule has 2 nitrogen and oxygen atoms in total. The van der Waals surface area contributed by atoms with E-state index in [1.54, 1.807) is 6.08 Å². The molecule has 1 N–H and O–H groups in total. The molecule has 4 unspecified atom stereocenters. The van der Waals surface area contributed by atoms with Crippen LogP contribution in [-0.2, 0) is 4.79 Å².